The van der Waals surface area contributed by atoms with Gasteiger partial charge in [-0.1, -0.05) is 42.5 Å². The van der Waals surface area contributed by atoms with E-state index in [2.05, 4.69) is 52.3 Å². The molecule has 4 heterocycles. The van der Waals surface area contributed by atoms with E-state index in [-0.39, 0.29) is 5.91 Å². The van der Waals surface area contributed by atoms with E-state index in [1.165, 1.54) is 23.2 Å². The van der Waals surface area contributed by atoms with Crippen LogP contribution < -0.4 is 4.90 Å². The number of pyridine rings is 2. The number of hydrogen-bond donors (Lipinski definition) is 0. The first-order valence-electron chi connectivity index (χ1n) is 12.7. The highest BCUT2D eigenvalue weighted by Crippen LogP contribution is 2.51. The predicted octanol–water partition coefficient (Wildman–Crippen LogP) is 5.72. The first kappa shape index (κ1) is 20.8. The van der Waals surface area contributed by atoms with E-state index < -0.39 is 5.41 Å². The first-order chi connectivity index (χ1) is 17.2. The predicted molar refractivity (Wildman–Crippen MR) is 138 cm³/mol. The van der Waals surface area contributed by atoms with Gasteiger partial charge in [-0.3, -0.25) is 24.6 Å². The Kier molecular flexibility index (Phi) is 4.74. The summed E-state index contributed by atoms with van der Waals surface area (Å²) in [5, 5.41) is 1.05. The fraction of sp³-hybridized carbons (Fsp3) is 0.300. The molecule has 1 saturated heterocycles. The van der Waals surface area contributed by atoms with E-state index in [1.54, 1.807) is 0 Å². The second-order valence-electron chi connectivity index (χ2n) is 10.1. The van der Waals surface area contributed by atoms with Gasteiger partial charge in [0.05, 0.1) is 40.2 Å². The third-order valence-corrected chi connectivity index (χ3v) is 8.37. The summed E-state index contributed by atoms with van der Waals surface area (Å²) in [5.41, 5.74) is 6.14. The highest BCUT2D eigenvalue weighted by molar-refractivity contribution is 6.13. The molecule has 1 amide bonds. The van der Waals surface area contributed by atoms with Gasteiger partial charge < -0.3 is 0 Å². The molecular formula is C30H28N4O. The zero-order valence-electron chi connectivity index (χ0n) is 19.7. The molecule has 2 aliphatic heterocycles. The maximum atomic E-state index is 14.2. The van der Waals surface area contributed by atoms with Crippen molar-refractivity contribution in [1.29, 1.82) is 0 Å². The minimum Gasteiger partial charge on any atom is -0.295 e. The number of amides is 1. The molecule has 3 aliphatic rings. The van der Waals surface area contributed by atoms with Crippen molar-refractivity contribution in [2.24, 2.45) is 0 Å². The standard InChI is InChI=1S/C30H28N4O/c35-29-30(14-17-33(18-15-30)27-13-5-8-21-9-6-16-31-28(21)27)24-10-2-4-12-26(24)34(29)23-19-22-7-1-3-11-25(22)32-20-23/h1-4,6-7,9-12,16,19-20,27H,5,8,13-15,17-18H2. The largest absolute Gasteiger partial charge is 0.295 e. The molecule has 2 aromatic carbocycles. The van der Waals surface area contributed by atoms with Gasteiger partial charge in [-0.15, -0.1) is 0 Å². The normalized spacial score (nSPS) is 21.3. The summed E-state index contributed by atoms with van der Waals surface area (Å²) in [7, 11) is 0. The summed E-state index contributed by atoms with van der Waals surface area (Å²) < 4.78 is 0. The molecule has 2 aromatic heterocycles. The van der Waals surface area contributed by atoms with Gasteiger partial charge in [0.1, 0.15) is 0 Å². The van der Waals surface area contributed by atoms with Crippen LogP contribution in [-0.4, -0.2) is 33.9 Å². The zero-order chi connectivity index (χ0) is 23.4. The van der Waals surface area contributed by atoms with Crippen LogP contribution in [0.25, 0.3) is 10.9 Å². The lowest BCUT2D eigenvalue weighted by molar-refractivity contribution is -0.124. The molecule has 1 atom stereocenters. The molecule has 0 radical (unpaired) electrons. The van der Waals surface area contributed by atoms with Crippen LogP contribution in [0.5, 0.6) is 0 Å². The number of fused-ring (bicyclic) bond motifs is 4. The van der Waals surface area contributed by atoms with Crippen LogP contribution in [0.1, 0.15) is 48.5 Å². The number of nitrogens with zero attached hydrogens (tertiary/aromatic N) is 4. The number of carbonyl (C=O) groups excluding carboxylic acids is 1. The zero-order valence-corrected chi connectivity index (χ0v) is 19.7. The average Bonchev–Trinajstić information content (AvgIpc) is 3.16. The summed E-state index contributed by atoms with van der Waals surface area (Å²) >= 11 is 0. The maximum Gasteiger partial charge on any atom is 0.242 e. The molecular weight excluding hydrogens is 432 g/mol. The van der Waals surface area contributed by atoms with Crippen molar-refractivity contribution in [3.05, 3.63) is 95.9 Å². The van der Waals surface area contributed by atoms with Crippen LogP contribution in [0.2, 0.25) is 0 Å². The molecule has 174 valence electrons. The smallest absolute Gasteiger partial charge is 0.242 e. The third kappa shape index (κ3) is 3.15. The third-order valence-electron chi connectivity index (χ3n) is 8.37. The second-order valence-corrected chi connectivity index (χ2v) is 10.1. The van der Waals surface area contributed by atoms with Gasteiger partial charge in [-0.2, -0.15) is 0 Å². The Bertz CT molecular complexity index is 1440. The van der Waals surface area contributed by atoms with Gasteiger partial charge in [-0.25, -0.2) is 0 Å². The van der Waals surface area contributed by atoms with Crippen LogP contribution >= 0.6 is 0 Å². The fourth-order valence-electron chi connectivity index (χ4n) is 6.59. The highest BCUT2D eigenvalue weighted by Gasteiger charge is 2.53. The Balaban J connectivity index is 1.22. The van der Waals surface area contributed by atoms with E-state index in [9.17, 15) is 4.79 Å². The minimum absolute atomic E-state index is 0.192. The Morgan fingerprint density at radius 1 is 0.914 bits per heavy atom. The van der Waals surface area contributed by atoms with E-state index in [4.69, 9.17) is 4.98 Å². The SMILES string of the molecule is O=C1N(c2cnc3ccccc3c2)c2ccccc2C12CCN(C1CCCc3cccnc31)CC2. The van der Waals surface area contributed by atoms with Gasteiger partial charge >= 0.3 is 0 Å². The molecule has 1 spiro atoms. The van der Waals surface area contributed by atoms with Crippen LogP contribution in [0.15, 0.2) is 79.1 Å². The summed E-state index contributed by atoms with van der Waals surface area (Å²) in [4.78, 5) is 28.1. The first-order valence-corrected chi connectivity index (χ1v) is 12.7. The van der Waals surface area contributed by atoms with Crippen molar-refractivity contribution in [2.75, 3.05) is 18.0 Å². The molecule has 1 unspecified atom stereocenters. The van der Waals surface area contributed by atoms with Gasteiger partial charge in [0.25, 0.3) is 0 Å². The summed E-state index contributed by atoms with van der Waals surface area (Å²) in [6.07, 6.45) is 8.91. The molecule has 0 saturated carbocycles. The quantitative estimate of drug-likeness (QED) is 0.384. The molecule has 5 heteroatoms. The number of aryl methyl sites for hydroxylation is 1. The summed E-state index contributed by atoms with van der Waals surface area (Å²) in [6.45, 7) is 1.81. The van der Waals surface area contributed by atoms with Crippen molar-refractivity contribution in [3.63, 3.8) is 0 Å². The van der Waals surface area contributed by atoms with Gasteiger partial charge in [0.2, 0.25) is 5.91 Å². The van der Waals surface area contributed by atoms with E-state index in [0.29, 0.717) is 6.04 Å². The second kappa shape index (κ2) is 7.99. The molecule has 0 bridgehead atoms. The minimum atomic E-state index is -0.472. The summed E-state index contributed by atoms with van der Waals surface area (Å²) in [6, 6.07) is 23.2. The fourth-order valence-corrected chi connectivity index (χ4v) is 6.59. The Morgan fingerprint density at radius 3 is 2.66 bits per heavy atom. The van der Waals surface area contributed by atoms with E-state index in [1.807, 2.05) is 41.6 Å². The van der Waals surface area contributed by atoms with Crippen LogP contribution in [0, 0.1) is 0 Å². The van der Waals surface area contributed by atoms with Gasteiger partial charge in [-0.05, 0) is 67.5 Å². The van der Waals surface area contributed by atoms with Crippen LogP contribution in [-0.2, 0) is 16.6 Å². The molecule has 1 fully saturated rings. The van der Waals surface area contributed by atoms with Gasteiger partial charge in [0, 0.05) is 24.7 Å². The number of benzene rings is 2. The lowest BCUT2D eigenvalue weighted by Gasteiger charge is -2.43. The van der Waals surface area contributed by atoms with Crippen molar-refractivity contribution < 1.29 is 4.79 Å². The maximum absolute atomic E-state index is 14.2. The number of piperidine rings is 1. The lowest BCUT2D eigenvalue weighted by Crippen LogP contribution is -2.49. The Morgan fingerprint density at radius 2 is 1.74 bits per heavy atom. The van der Waals surface area contributed by atoms with Crippen molar-refractivity contribution in [1.82, 2.24) is 14.9 Å². The summed E-state index contributed by atoms with van der Waals surface area (Å²) in [5.74, 6) is 0.192. The molecule has 1 aliphatic carbocycles. The molecule has 0 N–H and O–H groups in total. The number of aromatic nitrogens is 2. The van der Waals surface area contributed by atoms with Gasteiger partial charge in [0.15, 0.2) is 0 Å². The number of para-hydroxylation sites is 2. The number of likely N-dealkylation sites (tertiary alicyclic amines) is 1. The topological polar surface area (TPSA) is 49.3 Å². The molecule has 5 nitrogen and oxygen atoms in total. The van der Waals surface area contributed by atoms with Crippen LogP contribution in [0.4, 0.5) is 11.4 Å². The molecule has 35 heavy (non-hydrogen) atoms. The number of carbonyl (C=O) groups is 1. The lowest BCUT2D eigenvalue weighted by atomic mass is 9.73. The highest BCUT2D eigenvalue weighted by atomic mass is 16.2. The monoisotopic (exact) mass is 460 g/mol. The van der Waals surface area contributed by atoms with Crippen molar-refractivity contribution in [2.45, 2.75) is 43.6 Å². The molecule has 4 aromatic rings. The van der Waals surface area contributed by atoms with Crippen LogP contribution in [0.3, 0.4) is 0 Å². The van der Waals surface area contributed by atoms with Crippen molar-refractivity contribution in [3.8, 4) is 0 Å². The number of hydrogen-bond acceptors (Lipinski definition) is 4. The van der Waals surface area contributed by atoms with E-state index >= 15 is 0 Å². The molecule has 7 rings (SSSR count). The Hall–Kier alpha value is -3.57. The average molecular weight is 461 g/mol. The number of rotatable bonds is 2. The Labute approximate surface area is 205 Å². The number of anilines is 2. The van der Waals surface area contributed by atoms with E-state index in [0.717, 1.165) is 61.1 Å². The van der Waals surface area contributed by atoms with Crippen molar-refractivity contribution >= 4 is 28.2 Å².